The molecule has 0 radical (unpaired) electrons. The molecule has 2 rings (SSSR count). The highest BCUT2D eigenvalue weighted by atomic mass is 35.5. The second-order valence-corrected chi connectivity index (χ2v) is 8.44. The molecule has 8 nitrogen and oxygen atoms in total. The zero-order valence-electron chi connectivity index (χ0n) is 14.6. The number of aromatic nitrogens is 2. The predicted octanol–water partition coefficient (Wildman–Crippen LogP) is 2.12. The monoisotopic (exact) mass is 400 g/mol. The normalized spacial score (nSPS) is 11.2. The highest BCUT2D eigenvalue weighted by Gasteiger charge is 2.11. The summed E-state index contributed by atoms with van der Waals surface area (Å²) in [5.41, 5.74) is 0. The summed E-state index contributed by atoms with van der Waals surface area (Å²) in [5.74, 6) is 1.02. The molecular weight excluding hydrogens is 380 g/mol. The summed E-state index contributed by atoms with van der Waals surface area (Å²) in [4.78, 5) is 13.6. The molecule has 2 amide bonds. The van der Waals surface area contributed by atoms with Crippen LogP contribution in [0.4, 0.5) is 10.6 Å². The molecule has 26 heavy (non-hydrogen) atoms. The summed E-state index contributed by atoms with van der Waals surface area (Å²) < 4.78 is 29.3. The van der Waals surface area contributed by atoms with E-state index in [2.05, 4.69) is 10.4 Å². The number of carbonyl (C=O) groups excluding carboxylic acids is 1. The summed E-state index contributed by atoms with van der Waals surface area (Å²) in [6, 6.07) is 8.24. The number of carbonyl (C=O) groups is 1. The fourth-order valence-corrected chi connectivity index (χ4v) is 2.59. The first-order valence-corrected chi connectivity index (χ1v) is 10.3. The highest BCUT2D eigenvalue weighted by Crippen LogP contribution is 2.15. The average molecular weight is 401 g/mol. The van der Waals surface area contributed by atoms with Crippen LogP contribution >= 0.6 is 11.6 Å². The van der Waals surface area contributed by atoms with E-state index in [1.165, 1.54) is 15.8 Å². The lowest BCUT2D eigenvalue weighted by Crippen LogP contribution is -2.34. The number of likely N-dealkylation sites (N-methyl/N-ethyl adjacent to an activating group) is 1. The van der Waals surface area contributed by atoms with Gasteiger partial charge in [0.2, 0.25) is 0 Å². The maximum atomic E-state index is 12.1. The molecule has 0 unspecified atom stereocenters. The number of sulfone groups is 1. The van der Waals surface area contributed by atoms with Gasteiger partial charge in [0.15, 0.2) is 5.82 Å². The van der Waals surface area contributed by atoms with Crippen molar-refractivity contribution in [2.75, 3.05) is 37.5 Å². The van der Waals surface area contributed by atoms with E-state index in [0.717, 1.165) is 0 Å². The second kappa shape index (κ2) is 8.91. The standard InChI is InChI=1S/C16H21ClN4O4S/c1-20(9-11-25-14-5-3-13(17)4-6-14)16(22)18-15-7-8-21(19-15)10-12-26(2,23)24/h3-8H,9-12H2,1-2H3,(H,18,19,22). The van der Waals surface area contributed by atoms with Gasteiger partial charge < -0.3 is 9.64 Å². The Morgan fingerprint density at radius 1 is 1.31 bits per heavy atom. The number of nitrogens with zero attached hydrogens (tertiary/aromatic N) is 3. The van der Waals surface area contributed by atoms with E-state index in [9.17, 15) is 13.2 Å². The molecule has 0 bridgehead atoms. The molecule has 2 aromatic rings. The van der Waals surface area contributed by atoms with E-state index in [-0.39, 0.29) is 18.3 Å². The number of amides is 2. The molecule has 1 aromatic carbocycles. The summed E-state index contributed by atoms with van der Waals surface area (Å²) in [6.45, 7) is 0.942. The van der Waals surface area contributed by atoms with Crippen molar-refractivity contribution in [1.29, 1.82) is 0 Å². The van der Waals surface area contributed by atoms with Gasteiger partial charge in [-0.25, -0.2) is 13.2 Å². The first-order valence-electron chi connectivity index (χ1n) is 7.84. The number of anilines is 1. The minimum absolute atomic E-state index is 0.00991. The number of nitrogens with one attached hydrogen (secondary N) is 1. The largest absolute Gasteiger partial charge is 0.492 e. The number of aryl methyl sites for hydroxylation is 1. The van der Waals surface area contributed by atoms with Crippen LogP contribution in [-0.2, 0) is 16.4 Å². The van der Waals surface area contributed by atoms with Gasteiger partial charge in [0.1, 0.15) is 22.2 Å². The summed E-state index contributed by atoms with van der Waals surface area (Å²) >= 11 is 5.80. The van der Waals surface area contributed by atoms with E-state index in [0.29, 0.717) is 29.7 Å². The average Bonchev–Trinajstić information content (AvgIpc) is 3.01. The molecule has 0 aliphatic heterocycles. The Labute approximate surface area is 157 Å². The second-order valence-electron chi connectivity index (χ2n) is 5.75. The first-order chi connectivity index (χ1) is 12.2. The van der Waals surface area contributed by atoms with Crippen LogP contribution < -0.4 is 10.1 Å². The van der Waals surface area contributed by atoms with Crippen molar-refractivity contribution in [3.63, 3.8) is 0 Å². The van der Waals surface area contributed by atoms with Crippen molar-refractivity contribution in [3.8, 4) is 5.75 Å². The molecule has 1 heterocycles. The molecule has 0 saturated heterocycles. The third-order valence-electron chi connectivity index (χ3n) is 3.42. The first kappa shape index (κ1) is 20.1. The van der Waals surface area contributed by atoms with Gasteiger partial charge >= 0.3 is 6.03 Å². The fraction of sp³-hybridized carbons (Fsp3) is 0.375. The lowest BCUT2D eigenvalue weighted by molar-refractivity contribution is 0.207. The van der Waals surface area contributed by atoms with Gasteiger partial charge in [-0.1, -0.05) is 11.6 Å². The number of hydrogen-bond acceptors (Lipinski definition) is 5. The minimum Gasteiger partial charge on any atom is -0.492 e. The minimum atomic E-state index is -3.06. The molecule has 0 fully saturated rings. The molecule has 142 valence electrons. The van der Waals surface area contributed by atoms with Crippen molar-refractivity contribution in [1.82, 2.24) is 14.7 Å². The van der Waals surface area contributed by atoms with E-state index < -0.39 is 9.84 Å². The lowest BCUT2D eigenvalue weighted by atomic mass is 10.3. The van der Waals surface area contributed by atoms with Gasteiger partial charge in [-0.05, 0) is 24.3 Å². The fourth-order valence-electron chi connectivity index (χ4n) is 1.95. The number of ether oxygens (including phenoxy) is 1. The molecule has 0 saturated carbocycles. The zero-order valence-corrected chi connectivity index (χ0v) is 16.1. The van der Waals surface area contributed by atoms with Crippen LogP contribution in [0.15, 0.2) is 36.5 Å². The Morgan fingerprint density at radius 2 is 2.00 bits per heavy atom. The van der Waals surface area contributed by atoms with Gasteiger partial charge in [0.05, 0.1) is 18.8 Å². The maximum Gasteiger partial charge on any atom is 0.322 e. The van der Waals surface area contributed by atoms with E-state index >= 15 is 0 Å². The third-order valence-corrected chi connectivity index (χ3v) is 4.60. The molecule has 0 spiro atoms. The van der Waals surface area contributed by atoms with Crippen molar-refractivity contribution >= 4 is 33.3 Å². The number of rotatable bonds is 8. The molecule has 10 heteroatoms. The van der Waals surface area contributed by atoms with Gasteiger partial charge in [0.25, 0.3) is 0 Å². The van der Waals surface area contributed by atoms with Crippen LogP contribution in [0.1, 0.15) is 0 Å². The Balaban J connectivity index is 1.76. The molecule has 0 atom stereocenters. The highest BCUT2D eigenvalue weighted by molar-refractivity contribution is 7.90. The predicted molar refractivity (Wildman–Crippen MR) is 101 cm³/mol. The summed E-state index contributed by atoms with van der Waals surface area (Å²) in [5, 5.41) is 7.40. The summed E-state index contributed by atoms with van der Waals surface area (Å²) in [6.07, 6.45) is 2.78. The van der Waals surface area contributed by atoms with Crippen LogP contribution in [0.3, 0.4) is 0 Å². The van der Waals surface area contributed by atoms with Crippen molar-refractivity contribution in [2.45, 2.75) is 6.54 Å². The molecular formula is C16H21ClN4O4S. The van der Waals surface area contributed by atoms with Crippen molar-refractivity contribution in [3.05, 3.63) is 41.6 Å². The number of benzene rings is 1. The van der Waals surface area contributed by atoms with Gasteiger partial charge in [-0.3, -0.25) is 10.00 Å². The molecule has 1 aromatic heterocycles. The Hall–Kier alpha value is -2.26. The number of halogens is 1. The Morgan fingerprint density at radius 3 is 2.65 bits per heavy atom. The van der Waals surface area contributed by atoms with Gasteiger partial charge in [-0.15, -0.1) is 0 Å². The smallest absolute Gasteiger partial charge is 0.322 e. The van der Waals surface area contributed by atoms with E-state index in [1.807, 2.05) is 0 Å². The Kier molecular flexibility index (Phi) is 6.87. The van der Waals surface area contributed by atoms with Crippen LogP contribution in [0.25, 0.3) is 0 Å². The van der Waals surface area contributed by atoms with Crippen LogP contribution in [0.2, 0.25) is 5.02 Å². The van der Waals surface area contributed by atoms with Crippen LogP contribution in [-0.4, -0.2) is 61.3 Å². The van der Waals surface area contributed by atoms with E-state index in [4.69, 9.17) is 16.3 Å². The van der Waals surface area contributed by atoms with Gasteiger partial charge in [0, 0.05) is 30.6 Å². The topological polar surface area (TPSA) is 93.5 Å². The van der Waals surface area contributed by atoms with Crippen LogP contribution in [0, 0.1) is 0 Å². The molecule has 0 aliphatic carbocycles. The van der Waals surface area contributed by atoms with Crippen LogP contribution in [0.5, 0.6) is 5.75 Å². The lowest BCUT2D eigenvalue weighted by Gasteiger charge is -2.17. The molecule has 0 aliphatic rings. The summed E-state index contributed by atoms with van der Waals surface area (Å²) in [7, 11) is -1.42. The Bertz CT molecular complexity index is 836. The van der Waals surface area contributed by atoms with Gasteiger partial charge in [-0.2, -0.15) is 5.10 Å². The quantitative estimate of drug-likeness (QED) is 0.732. The maximum absolute atomic E-state index is 12.1. The number of urea groups is 1. The van der Waals surface area contributed by atoms with Crippen molar-refractivity contribution < 1.29 is 17.9 Å². The molecule has 1 N–H and O–H groups in total. The third kappa shape index (κ3) is 6.93. The zero-order chi connectivity index (χ0) is 19.2. The SMILES string of the molecule is CN(CCOc1ccc(Cl)cc1)C(=O)Nc1ccn(CCS(C)(=O)=O)n1. The van der Waals surface area contributed by atoms with E-state index in [1.54, 1.807) is 43.6 Å². The number of hydrogen-bond donors (Lipinski definition) is 1. The van der Waals surface area contributed by atoms with Crippen molar-refractivity contribution in [2.24, 2.45) is 0 Å².